The van der Waals surface area contributed by atoms with Crippen LogP contribution < -0.4 is 14.4 Å². The summed E-state index contributed by atoms with van der Waals surface area (Å²) in [6.45, 7) is 2.96. The summed E-state index contributed by atoms with van der Waals surface area (Å²) in [5, 5.41) is 9.28. The molecule has 0 aliphatic carbocycles. The SMILES string of the molecule is CC[C@@H](Oc1cccc(CN(CCOc2ccc(F)cc2)c2nc3ccccc3o2)c1)C(=O)O. The second kappa shape index (κ2) is 10.7. The predicted molar refractivity (Wildman–Crippen MR) is 126 cm³/mol. The Hall–Kier alpha value is -4.07. The number of aromatic nitrogens is 1. The third-order valence-electron chi connectivity index (χ3n) is 5.19. The molecule has 7 nitrogen and oxygen atoms in total. The minimum atomic E-state index is -1.00. The van der Waals surface area contributed by atoms with Gasteiger partial charge in [-0.25, -0.2) is 9.18 Å². The van der Waals surface area contributed by atoms with Crippen molar-refractivity contribution in [2.24, 2.45) is 0 Å². The predicted octanol–water partition coefficient (Wildman–Crippen LogP) is 5.29. The number of rotatable bonds is 11. The number of hydrogen-bond donors (Lipinski definition) is 1. The fraction of sp³-hybridized carbons (Fsp3) is 0.231. The number of carbonyl (C=O) groups is 1. The maximum atomic E-state index is 13.2. The zero-order valence-corrected chi connectivity index (χ0v) is 18.7. The Morgan fingerprint density at radius 1 is 1.09 bits per heavy atom. The second-order valence-corrected chi connectivity index (χ2v) is 7.69. The molecule has 0 unspecified atom stereocenters. The first-order valence-electron chi connectivity index (χ1n) is 11.0. The van der Waals surface area contributed by atoms with Crippen LogP contribution >= 0.6 is 0 Å². The second-order valence-electron chi connectivity index (χ2n) is 7.69. The maximum Gasteiger partial charge on any atom is 0.344 e. The fourth-order valence-corrected chi connectivity index (χ4v) is 3.45. The highest BCUT2D eigenvalue weighted by Crippen LogP contribution is 2.25. The molecule has 8 heteroatoms. The number of ether oxygens (including phenoxy) is 2. The van der Waals surface area contributed by atoms with E-state index in [2.05, 4.69) is 4.98 Å². The highest BCUT2D eigenvalue weighted by atomic mass is 19.1. The van der Waals surface area contributed by atoms with Crippen LogP contribution in [0, 0.1) is 5.82 Å². The average molecular weight is 464 g/mol. The summed E-state index contributed by atoms with van der Waals surface area (Å²) in [7, 11) is 0. The molecule has 0 aliphatic heterocycles. The number of hydrogen-bond acceptors (Lipinski definition) is 6. The molecular weight excluding hydrogens is 439 g/mol. The van der Waals surface area contributed by atoms with Crippen molar-refractivity contribution in [3.63, 3.8) is 0 Å². The molecule has 0 fully saturated rings. The van der Waals surface area contributed by atoms with Crippen LogP contribution in [0.2, 0.25) is 0 Å². The Kier molecular flexibility index (Phi) is 7.27. The third-order valence-corrected chi connectivity index (χ3v) is 5.19. The van der Waals surface area contributed by atoms with Crippen LogP contribution in [0.15, 0.2) is 77.2 Å². The van der Waals surface area contributed by atoms with Crippen LogP contribution in [-0.2, 0) is 11.3 Å². The Labute approximate surface area is 196 Å². The number of nitrogens with zero attached hydrogens (tertiary/aromatic N) is 2. The number of benzene rings is 3. The number of aliphatic carboxylic acids is 1. The minimum absolute atomic E-state index is 0.317. The first-order valence-corrected chi connectivity index (χ1v) is 11.0. The molecule has 0 amide bonds. The topological polar surface area (TPSA) is 85.0 Å². The summed E-state index contributed by atoms with van der Waals surface area (Å²) in [5.74, 6) is -0.282. The van der Waals surface area contributed by atoms with Crippen molar-refractivity contribution < 1.29 is 28.2 Å². The molecule has 1 heterocycles. The van der Waals surface area contributed by atoms with Gasteiger partial charge >= 0.3 is 5.97 Å². The Morgan fingerprint density at radius 3 is 2.62 bits per heavy atom. The molecule has 0 radical (unpaired) electrons. The molecule has 0 aliphatic rings. The van der Waals surface area contributed by atoms with E-state index < -0.39 is 12.1 Å². The lowest BCUT2D eigenvalue weighted by molar-refractivity contribution is -0.145. The van der Waals surface area contributed by atoms with Gasteiger partial charge in [-0.1, -0.05) is 31.2 Å². The zero-order chi connectivity index (χ0) is 23.9. The Morgan fingerprint density at radius 2 is 1.88 bits per heavy atom. The number of oxazole rings is 1. The molecule has 0 saturated heterocycles. The first kappa shape index (κ1) is 23.1. The zero-order valence-electron chi connectivity index (χ0n) is 18.7. The van der Waals surface area contributed by atoms with Gasteiger partial charge in [0.2, 0.25) is 0 Å². The van der Waals surface area contributed by atoms with E-state index in [0.29, 0.717) is 49.2 Å². The van der Waals surface area contributed by atoms with E-state index >= 15 is 0 Å². The Bertz CT molecular complexity index is 1210. The molecule has 4 rings (SSSR count). The summed E-state index contributed by atoms with van der Waals surface area (Å²) in [6.07, 6.45) is -0.553. The summed E-state index contributed by atoms with van der Waals surface area (Å²) in [6, 6.07) is 21.1. The molecular formula is C26H25FN2O5. The van der Waals surface area contributed by atoms with Gasteiger partial charge in [-0.15, -0.1) is 0 Å². The Balaban J connectivity index is 1.52. The number of fused-ring (bicyclic) bond motifs is 1. The highest BCUT2D eigenvalue weighted by molar-refractivity contribution is 5.74. The summed E-state index contributed by atoms with van der Waals surface area (Å²) in [5.41, 5.74) is 2.30. The lowest BCUT2D eigenvalue weighted by Crippen LogP contribution is -2.28. The number of halogens is 1. The molecule has 34 heavy (non-hydrogen) atoms. The molecule has 1 N–H and O–H groups in total. The van der Waals surface area contributed by atoms with Gasteiger partial charge in [-0.2, -0.15) is 4.98 Å². The first-order chi connectivity index (χ1) is 16.5. The molecule has 0 bridgehead atoms. The van der Waals surface area contributed by atoms with E-state index in [1.165, 1.54) is 12.1 Å². The number of carboxylic acids is 1. The largest absolute Gasteiger partial charge is 0.492 e. The summed E-state index contributed by atoms with van der Waals surface area (Å²) < 4.78 is 30.5. The molecule has 3 aromatic carbocycles. The number of para-hydroxylation sites is 2. The molecule has 1 atom stereocenters. The van der Waals surface area contributed by atoms with Gasteiger partial charge in [0, 0.05) is 6.54 Å². The van der Waals surface area contributed by atoms with Gasteiger partial charge < -0.3 is 23.9 Å². The van der Waals surface area contributed by atoms with Crippen LogP contribution in [0.4, 0.5) is 10.4 Å². The van der Waals surface area contributed by atoms with E-state index in [1.807, 2.05) is 47.4 Å². The van der Waals surface area contributed by atoms with Crippen molar-refractivity contribution in [2.45, 2.75) is 26.0 Å². The van der Waals surface area contributed by atoms with Gasteiger partial charge in [0.1, 0.15) is 29.4 Å². The highest BCUT2D eigenvalue weighted by Gasteiger charge is 2.18. The van der Waals surface area contributed by atoms with E-state index in [-0.39, 0.29) is 5.82 Å². The quantitative estimate of drug-likeness (QED) is 0.323. The monoisotopic (exact) mass is 464 g/mol. The molecule has 4 aromatic rings. The number of anilines is 1. The summed E-state index contributed by atoms with van der Waals surface area (Å²) in [4.78, 5) is 17.9. The third kappa shape index (κ3) is 5.83. The molecule has 176 valence electrons. The molecule has 0 saturated carbocycles. The smallest absolute Gasteiger partial charge is 0.344 e. The lowest BCUT2D eigenvalue weighted by Gasteiger charge is -2.21. The molecule has 0 spiro atoms. The summed E-state index contributed by atoms with van der Waals surface area (Å²) >= 11 is 0. The normalized spacial score (nSPS) is 11.8. The van der Waals surface area contributed by atoms with Crippen molar-refractivity contribution in [2.75, 3.05) is 18.1 Å². The van der Waals surface area contributed by atoms with Crippen LogP contribution in [0.3, 0.4) is 0 Å². The van der Waals surface area contributed by atoms with Crippen molar-refractivity contribution in [1.29, 1.82) is 0 Å². The fourth-order valence-electron chi connectivity index (χ4n) is 3.45. The number of carboxylic acid groups (broad SMARTS) is 1. The van der Waals surface area contributed by atoms with Gasteiger partial charge in [-0.3, -0.25) is 0 Å². The average Bonchev–Trinajstić information content (AvgIpc) is 3.27. The maximum absolute atomic E-state index is 13.2. The van der Waals surface area contributed by atoms with E-state index in [4.69, 9.17) is 13.9 Å². The molecule has 1 aromatic heterocycles. The van der Waals surface area contributed by atoms with E-state index in [1.54, 1.807) is 25.1 Å². The van der Waals surface area contributed by atoms with Crippen LogP contribution in [0.5, 0.6) is 11.5 Å². The lowest BCUT2D eigenvalue weighted by atomic mass is 10.2. The van der Waals surface area contributed by atoms with Crippen molar-refractivity contribution >= 4 is 23.1 Å². The van der Waals surface area contributed by atoms with Crippen LogP contribution in [-0.4, -0.2) is 35.3 Å². The van der Waals surface area contributed by atoms with Crippen molar-refractivity contribution in [1.82, 2.24) is 4.98 Å². The standard InChI is InChI=1S/C26H25FN2O5/c1-2-23(25(30)31)33-21-7-5-6-18(16-21)17-29(14-15-32-20-12-10-19(27)11-13-20)26-28-22-8-3-4-9-24(22)34-26/h3-13,16,23H,2,14-15,17H2,1H3,(H,30,31)/t23-/m1/s1. The van der Waals surface area contributed by atoms with Gasteiger partial charge in [-0.05, 0) is 60.5 Å². The van der Waals surface area contributed by atoms with Crippen LogP contribution in [0.1, 0.15) is 18.9 Å². The minimum Gasteiger partial charge on any atom is -0.492 e. The van der Waals surface area contributed by atoms with Crippen LogP contribution in [0.25, 0.3) is 11.1 Å². The van der Waals surface area contributed by atoms with Gasteiger partial charge in [0.05, 0.1) is 6.54 Å². The van der Waals surface area contributed by atoms with E-state index in [0.717, 1.165) is 11.1 Å². The van der Waals surface area contributed by atoms with Crippen molar-refractivity contribution in [3.8, 4) is 11.5 Å². The van der Waals surface area contributed by atoms with Crippen molar-refractivity contribution in [3.05, 3.63) is 84.2 Å². The van der Waals surface area contributed by atoms with Gasteiger partial charge in [0.15, 0.2) is 11.7 Å². The van der Waals surface area contributed by atoms with Gasteiger partial charge in [0.25, 0.3) is 6.01 Å². The van der Waals surface area contributed by atoms with E-state index in [9.17, 15) is 14.3 Å².